The Morgan fingerprint density at radius 2 is 1.61 bits per heavy atom. The fourth-order valence-electron chi connectivity index (χ4n) is 3.05. The van der Waals surface area contributed by atoms with E-state index in [9.17, 15) is 13.2 Å². The van der Waals surface area contributed by atoms with Crippen molar-refractivity contribution < 1.29 is 22.7 Å². The summed E-state index contributed by atoms with van der Waals surface area (Å²) in [6, 6.07) is 22.3. The van der Waals surface area contributed by atoms with E-state index >= 15 is 0 Å². The standard InChI is InChI=1S/C24H25N3O5S/c1-31-21-12-14-22(15-13-21)33(29,30)27(17-19-8-4-3-5-9-19)18-24(28)26-25-16-20-10-6-7-11-23(20)32-2/h3-16H,17-18H2,1-2H3,(H,26,28)/b25-16-. The molecule has 3 aromatic rings. The highest BCUT2D eigenvalue weighted by Gasteiger charge is 2.27. The molecule has 0 aliphatic rings. The predicted molar refractivity (Wildman–Crippen MR) is 126 cm³/mol. The van der Waals surface area contributed by atoms with Crippen molar-refractivity contribution in [2.45, 2.75) is 11.4 Å². The van der Waals surface area contributed by atoms with Gasteiger partial charge in [0.1, 0.15) is 11.5 Å². The van der Waals surface area contributed by atoms with Gasteiger partial charge in [-0.1, -0.05) is 42.5 Å². The number of ether oxygens (including phenoxy) is 2. The lowest BCUT2D eigenvalue weighted by atomic mass is 10.2. The van der Waals surface area contributed by atoms with E-state index in [4.69, 9.17) is 9.47 Å². The third kappa shape index (κ3) is 6.41. The number of benzene rings is 3. The fraction of sp³-hybridized carbons (Fsp3) is 0.167. The first kappa shape index (κ1) is 24.0. The molecule has 8 nitrogen and oxygen atoms in total. The van der Waals surface area contributed by atoms with Gasteiger partial charge in [0.05, 0.1) is 31.9 Å². The maximum absolute atomic E-state index is 13.3. The number of amides is 1. The number of nitrogens with zero attached hydrogens (tertiary/aromatic N) is 2. The first-order chi connectivity index (χ1) is 15.9. The molecule has 0 aliphatic carbocycles. The number of sulfonamides is 1. The summed E-state index contributed by atoms with van der Waals surface area (Å²) >= 11 is 0. The van der Waals surface area contributed by atoms with E-state index in [2.05, 4.69) is 10.5 Å². The zero-order valence-corrected chi connectivity index (χ0v) is 19.2. The molecule has 1 amide bonds. The Kier molecular flexibility index (Phi) is 8.17. The van der Waals surface area contributed by atoms with E-state index < -0.39 is 22.5 Å². The van der Waals surface area contributed by atoms with Gasteiger partial charge in [-0.2, -0.15) is 9.41 Å². The minimum Gasteiger partial charge on any atom is -0.497 e. The number of carbonyl (C=O) groups is 1. The van der Waals surface area contributed by atoms with Crippen LogP contribution in [0.25, 0.3) is 0 Å². The summed E-state index contributed by atoms with van der Waals surface area (Å²) in [6.45, 7) is -0.384. The van der Waals surface area contributed by atoms with Crippen molar-refractivity contribution in [1.82, 2.24) is 9.73 Å². The Labute approximate surface area is 193 Å². The molecule has 3 aromatic carbocycles. The molecule has 0 unspecified atom stereocenters. The van der Waals surface area contributed by atoms with Crippen molar-refractivity contribution in [3.8, 4) is 11.5 Å². The Morgan fingerprint density at radius 3 is 2.27 bits per heavy atom. The lowest BCUT2D eigenvalue weighted by molar-refractivity contribution is -0.121. The average Bonchev–Trinajstić information content (AvgIpc) is 2.84. The van der Waals surface area contributed by atoms with Gasteiger partial charge >= 0.3 is 0 Å². The molecule has 0 fully saturated rings. The van der Waals surface area contributed by atoms with Crippen LogP contribution in [-0.4, -0.2) is 45.6 Å². The monoisotopic (exact) mass is 467 g/mol. The van der Waals surface area contributed by atoms with E-state index in [1.54, 1.807) is 36.4 Å². The van der Waals surface area contributed by atoms with Crippen LogP contribution < -0.4 is 14.9 Å². The molecule has 0 aliphatic heterocycles. The Morgan fingerprint density at radius 1 is 0.939 bits per heavy atom. The van der Waals surface area contributed by atoms with Crippen LogP contribution in [-0.2, 0) is 21.4 Å². The van der Waals surface area contributed by atoms with Gasteiger partial charge in [-0.3, -0.25) is 4.79 Å². The van der Waals surface area contributed by atoms with Gasteiger partial charge in [0.15, 0.2) is 0 Å². The summed E-state index contributed by atoms with van der Waals surface area (Å²) in [7, 11) is -0.923. The van der Waals surface area contributed by atoms with Crippen LogP contribution in [0.1, 0.15) is 11.1 Å². The molecule has 172 valence electrons. The van der Waals surface area contributed by atoms with Crippen molar-refractivity contribution in [2.75, 3.05) is 20.8 Å². The zero-order valence-electron chi connectivity index (χ0n) is 18.3. The van der Waals surface area contributed by atoms with Gasteiger partial charge in [-0.05, 0) is 42.0 Å². The van der Waals surface area contributed by atoms with E-state index in [0.29, 0.717) is 17.1 Å². The summed E-state index contributed by atoms with van der Waals surface area (Å²) in [4.78, 5) is 12.6. The van der Waals surface area contributed by atoms with Crippen LogP contribution in [0, 0.1) is 0 Å². The SMILES string of the molecule is COc1ccc(S(=O)(=O)N(CC(=O)N/N=C\c2ccccc2OC)Cc2ccccc2)cc1. The molecular formula is C24H25N3O5S. The van der Waals surface area contributed by atoms with Gasteiger partial charge in [-0.15, -0.1) is 0 Å². The summed E-state index contributed by atoms with van der Waals surface area (Å²) in [5.74, 6) is 0.560. The minimum absolute atomic E-state index is 0.0266. The van der Waals surface area contributed by atoms with Crippen LogP contribution in [0.4, 0.5) is 0 Å². The van der Waals surface area contributed by atoms with Crippen molar-refractivity contribution in [1.29, 1.82) is 0 Å². The molecule has 0 aromatic heterocycles. The molecule has 9 heteroatoms. The molecule has 0 bridgehead atoms. The molecule has 0 heterocycles. The predicted octanol–water partition coefficient (Wildman–Crippen LogP) is 3.05. The summed E-state index contributed by atoms with van der Waals surface area (Å²) < 4.78 is 38.1. The largest absolute Gasteiger partial charge is 0.497 e. The Balaban J connectivity index is 1.78. The highest BCUT2D eigenvalue weighted by molar-refractivity contribution is 7.89. The summed E-state index contributed by atoms with van der Waals surface area (Å²) in [6.07, 6.45) is 1.44. The molecule has 0 radical (unpaired) electrons. The van der Waals surface area contributed by atoms with Crippen molar-refractivity contribution in [3.05, 3.63) is 90.0 Å². The molecule has 1 N–H and O–H groups in total. The summed E-state index contributed by atoms with van der Waals surface area (Å²) in [5, 5.41) is 3.95. The molecule has 0 atom stereocenters. The Hall–Kier alpha value is -3.69. The van der Waals surface area contributed by atoms with Crippen molar-refractivity contribution in [3.63, 3.8) is 0 Å². The van der Waals surface area contributed by atoms with Crippen LogP contribution in [0.5, 0.6) is 11.5 Å². The number of hydrogen-bond donors (Lipinski definition) is 1. The van der Waals surface area contributed by atoms with Crippen LogP contribution >= 0.6 is 0 Å². The first-order valence-corrected chi connectivity index (χ1v) is 11.5. The fourth-order valence-corrected chi connectivity index (χ4v) is 4.44. The van der Waals surface area contributed by atoms with Crippen molar-refractivity contribution in [2.24, 2.45) is 5.10 Å². The van der Waals surface area contributed by atoms with E-state index in [1.807, 2.05) is 30.3 Å². The quantitative estimate of drug-likeness (QED) is 0.365. The second kappa shape index (κ2) is 11.3. The highest BCUT2D eigenvalue weighted by Crippen LogP contribution is 2.21. The lowest BCUT2D eigenvalue weighted by Crippen LogP contribution is -2.39. The van der Waals surface area contributed by atoms with Crippen LogP contribution in [0.3, 0.4) is 0 Å². The van der Waals surface area contributed by atoms with Gasteiger partial charge in [0.25, 0.3) is 5.91 Å². The number of para-hydroxylation sites is 1. The Bertz CT molecular complexity index is 1200. The molecule has 0 spiro atoms. The number of hydrazone groups is 1. The number of methoxy groups -OCH3 is 2. The topological polar surface area (TPSA) is 97.3 Å². The minimum atomic E-state index is -3.96. The molecular weight excluding hydrogens is 442 g/mol. The van der Waals surface area contributed by atoms with Gasteiger partial charge in [0, 0.05) is 12.1 Å². The van der Waals surface area contributed by atoms with Crippen LogP contribution in [0.15, 0.2) is 88.9 Å². The number of rotatable bonds is 10. The smallest absolute Gasteiger partial charge is 0.255 e. The number of hydrogen-bond acceptors (Lipinski definition) is 6. The molecule has 33 heavy (non-hydrogen) atoms. The number of nitrogens with one attached hydrogen (secondary N) is 1. The van der Waals surface area contributed by atoms with Gasteiger partial charge in [0.2, 0.25) is 10.0 Å². The van der Waals surface area contributed by atoms with Gasteiger partial charge < -0.3 is 9.47 Å². The van der Waals surface area contributed by atoms with E-state index in [0.717, 1.165) is 9.87 Å². The lowest BCUT2D eigenvalue weighted by Gasteiger charge is -2.21. The van der Waals surface area contributed by atoms with Gasteiger partial charge in [-0.25, -0.2) is 13.8 Å². The third-order valence-corrected chi connectivity index (χ3v) is 6.56. The van der Waals surface area contributed by atoms with E-state index in [-0.39, 0.29) is 11.4 Å². The van der Waals surface area contributed by atoms with Crippen molar-refractivity contribution >= 4 is 22.1 Å². The normalized spacial score (nSPS) is 11.5. The second-order valence-electron chi connectivity index (χ2n) is 6.97. The highest BCUT2D eigenvalue weighted by atomic mass is 32.2. The van der Waals surface area contributed by atoms with Crippen LogP contribution in [0.2, 0.25) is 0 Å². The molecule has 0 saturated heterocycles. The molecule has 0 saturated carbocycles. The summed E-state index contributed by atoms with van der Waals surface area (Å²) in [5.41, 5.74) is 3.81. The maximum Gasteiger partial charge on any atom is 0.255 e. The molecule has 3 rings (SSSR count). The maximum atomic E-state index is 13.3. The second-order valence-corrected chi connectivity index (χ2v) is 8.91. The average molecular weight is 468 g/mol. The first-order valence-electron chi connectivity index (χ1n) is 10.1. The third-order valence-electron chi connectivity index (χ3n) is 4.75. The number of carbonyl (C=O) groups excluding carboxylic acids is 1. The van der Waals surface area contributed by atoms with E-state index in [1.165, 1.54) is 32.6 Å². The zero-order chi connectivity index (χ0) is 23.7.